The van der Waals surface area contributed by atoms with E-state index in [1.807, 2.05) is 12.1 Å². The summed E-state index contributed by atoms with van der Waals surface area (Å²) in [5.41, 5.74) is 7.24. The van der Waals surface area contributed by atoms with Crippen molar-refractivity contribution in [2.75, 3.05) is 34.2 Å². The topological polar surface area (TPSA) is 86.7 Å². The van der Waals surface area contributed by atoms with Crippen LogP contribution in [0, 0.1) is 17.2 Å². The van der Waals surface area contributed by atoms with Crippen molar-refractivity contribution in [2.45, 2.75) is 17.5 Å². The lowest BCUT2D eigenvalue weighted by Gasteiger charge is -2.61. The van der Waals surface area contributed by atoms with E-state index in [0.717, 1.165) is 5.56 Å². The molecular weight excluding hydrogens is 272 g/mol. The van der Waals surface area contributed by atoms with E-state index in [-0.39, 0.29) is 5.92 Å². The SMILES string of the molecule is COC1(OC)[C@H](c2ccc(N)cc2)[C@H](C#N)C1(OC)OC. The minimum Gasteiger partial charge on any atom is -0.399 e. The van der Waals surface area contributed by atoms with Gasteiger partial charge >= 0.3 is 0 Å². The Morgan fingerprint density at radius 1 is 0.952 bits per heavy atom. The molecule has 1 aliphatic carbocycles. The van der Waals surface area contributed by atoms with Gasteiger partial charge in [0.2, 0.25) is 11.6 Å². The van der Waals surface area contributed by atoms with Crippen LogP contribution in [0.4, 0.5) is 5.69 Å². The first kappa shape index (κ1) is 15.7. The minimum atomic E-state index is -1.28. The van der Waals surface area contributed by atoms with Crippen LogP contribution in [-0.4, -0.2) is 40.0 Å². The summed E-state index contributed by atoms with van der Waals surface area (Å²) in [6.45, 7) is 0. The fourth-order valence-corrected chi connectivity index (χ4v) is 3.29. The predicted molar refractivity (Wildman–Crippen MR) is 76.2 cm³/mol. The van der Waals surface area contributed by atoms with Gasteiger partial charge in [-0.2, -0.15) is 5.26 Å². The molecule has 6 heteroatoms. The quantitative estimate of drug-likeness (QED) is 0.653. The molecule has 0 spiro atoms. The van der Waals surface area contributed by atoms with Crippen molar-refractivity contribution in [1.29, 1.82) is 5.26 Å². The Labute approximate surface area is 124 Å². The summed E-state index contributed by atoms with van der Waals surface area (Å²) in [6.07, 6.45) is 0. The van der Waals surface area contributed by atoms with Gasteiger partial charge in [0.1, 0.15) is 5.92 Å². The Morgan fingerprint density at radius 2 is 1.43 bits per heavy atom. The summed E-state index contributed by atoms with van der Waals surface area (Å²) in [5.74, 6) is -3.40. The molecule has 1 aromatic carbocycles. The van der Waals surface area contributed by atoms with Crippen molar-refractivity contribution in [1.82, 2.24) is 0 Å². The highest BCUT2D eigenvalue weighted by Crippen LogP contribution is 2.61. The van der Waals surface area contributed by atoms with Crippen molar-refractivity contribution in [3.8, 4) is 6.07 Å². The number of hydrogen-bond donors (Lipinski definition) is 1. The van der Waals surface area contributed by atoms with Gasteiger partial charge in [-0.05, 0) is 17.7 Å². The number of nitrogen functional groups attached to an aromatic ring is 1. The number of nitriles is 1. The Kier molecular flexibility index (Phi) is 4.21. The fraction of sp³-hybridized carbons (Fsp3) is 0.533. The zero-order valence-electron chi connectivity index (χ0n) is 12.6. The molecule has 6 nitrogen and oxygen atoms in total. The van der Waals surface area contributed by atoms with Crippen LogP contribution in [0.2, 0.25) is 0 Å². The largest absolute Gasteiger partial charge is 0.399 e. The monoisotopic (exact) mass is 292 g/mol. The van der Waals surface area contributed by atoms with Crippen molar-refractivity contribution in [2.24, 2.45) is 5.92 Å². The maximum atomic E-state index is 9.55. The van der Waals surface area contributed by atoms with Crippen LogP contribution < -0.4 is 5.73 Å². The number of rotatable bonds is 5. The second-order valence-corrected chi connectivity index (χ2v) is 4.90. The first-order valence-corrected chi connectivity index (χ1v) is 6.52. The summed E-state index contributed by atoms with van der Waals surface area (Å²) in [5, 5.41) is 9.55. The van der Waals surface area contributed by atoms with E-state index in [2.05, 4.69) is 6.07 Å². The summed E-state index contributed by atoms with van der Waals surface area (Å²) in [4.78, 5) is 0. The molecule has 0 heterocycles. The molecule has 1 aliphatic rings. The average Bonchev–Trinajstić information content (AvgIpc) is 2.51. The van der Waals surface area contributed by atoms with Gasteiger partial charge in [0, 0.05) is 34.1 Å². The van der Waals surface area contributed by atoms with Crippen molar-refractivity contribution in [3.05, 3.63) is 29.8 Å². The summed E-state index contributed by atoms with van der Waals surface area (Å²) in [6, 6.07) is 9.50. The molecule has 21 heavy (non-hydrogen) atoms. The second-order valence-electron chi connectivity index (χ2n) is 4.90. The second kappa shape index (κ2) is 5.62. The van der Waals surface area contributed by atoms with Crippen molar-refractivity contribution < 1.29 is 18.9 Å². The third kappa shape index (κ3) is 1.86. The van der Waals surface area contributed by atoms with Crippen LogP contribution in [0.1, 0.15) is 11.5 Å². The van der Waals surface area contributed by atoms with E-state index < -0.39 is 17.5 Å². The first-order chi connectivity index (χ1) is 10.1. The Hall–Kier alpha value is -1.65. The maximum Gasteiger partial charge on any atom is 0.241 e. The van der Waals surface area contributed by atoms with Crippen LogP contribution >= 0.6 is 0 Å². The van der Waals surface area contributed by atoms with Crippen LogP contribution in [0.3, 0.4) is 0 Å². The van der Waals surface area contributed by atoms with Gasteiger partial charge in [-0.25, -0.2) is 0 Å². The number of nitrogens with two attached hydrogens (primary N) is 1. The normalized spacial score (nSPS) is 25.9. The molecule has 0 radical (unpaired) electrons. The number of anilines is 1. The Morgan fingerprint density at radius 3 is 1.81 bits per heavy atom. The fourth-order valence-electron chi connectivity index (χ4n) is 3.29. The molecule has 114 valence electrons. The van der Waals surface area contributed by atoms with E-state index in [1.165, 1.54) is 28.4 Å². The Balaban J connectivity index is 2.54. The molecule has 0 saturated heterocycles. The van der Waals surface area contributed by atoms with Gasteiger partial charge in [-0.1, -0.05) is 12.1 Å². The molecule has 0 unspecified atom stereocenters. The van der Waals surface area contributed by atoms with Gasteiger partial charge in [0.15, 0.2) is 0 Å². The maximum absolute atomic E-state index is 9.55. The van der Waals surface area contributed by atoms with Crippen LogP contribution in [-0.2, 0) is 18.9 Å². The summed E-state index contributed by atoms with van der Waals surface area (Å²) >= 11 is 0. The lowest BCUT2D eigenvalue weighted by Crippen LogP contribution is -2.77. The third-order valence-electron chi connectivity index (χ3n) is 4.29. The number of benzene rings is 1. The molecule has 0 amide bonds. The molecule has 0 aliphatic heterocycles. The van der Waals surface area contributed by atoms with E-state index in [4.69, 9.17) is 24.7 Å². The standard InChI is InChI=1S/C15H20N2O4/c1-18-14(19-2)12(9-16)13(15(14,20-3)21-4)10-5-7-11(17)8-6-10/h5-8,12-13H,17H2,1-4H3/t12-,13+/m0/s1. The summed E-state index contributed by atoms with van der Waals surface area (Å²) in [7, 11) is 5.96. The van der Waals surface area contributed by atoms with Crippen LogP contribution in [0.5, 0.6) is 0 Å². The van der Waals surface area contributed by atoms with Crippen molar-refractivity contribution >= 4 is 5.69 Å². The molecule has 1 aromatic rings. The number of ether oxygens (including phenoxy) is 4. The first-order valence-electron chi connectivity index (χ1n) is 6.52. The van der Waals surface area contributed by atoms with E-state index >= 15 is 0 Å². The zero-order valence-corrected chi connectivity index (χ0v) is 12.6. The molecule has 2 N–H and O–H groups in total. The minimum absolute atomic E-state index is 0.349. The molecule has 1 saturated carbocycles. The number of methoxy groups -OCH3 is 4. The molecule has 0 bridgehead atoms. The highest BCUT2D eigenvalue weighted by Gasteiger charge is 2.77. The summed E-state index contributed by atoms with van der Waals surface area (Å²) < 4.78 is 22.2. The molecule has 2 atom stereocenters. The van der Waals surface area contributed by atoms with Gasteiger partial charge in [-0.15, -0.1) is 0 Å². The van der Waals surface area contributed by atoms with Gasteiger partial charge < -0.3 is 24.7 Å². The van der Waals surface area contributed by atoms with Crippen LogP contribution in [0.15, 0.2) is 24.3 Å². The predicted octanol–water partition coefficient (Wildman–Crippen LogP) is 1.48. The highest BCUT2D eigenvalue weighted by atomic mass is 16.8. The third-order valence-corrected chi connectivity index (χ3v) is 4.29. The average molecular weight is 292 g/mol. The molecule has 1 fully saturated rings. The molecular formula is C15H20N2O4. The van der Waals surface area contributed by atoms with E-state index in [9.17, 15) is 5.26 Å². The van der Waals surface area contributed by atoms with Crippen molar-refractivity contribution in [3.63, 3.8) is 0 Å². The zero-order chi connectivity index (χ0) is 15.7. The van der Waals surface area contributed by atoms with E-state index in [1.54, 1.807) is 12.1 Å². The van der Waals surface area contributed by atoms with E-state index in [0.29, 0.717) is 5.69 Å². The lowest BCUT2D eigenvalue weighted by atomic mass is 9.59. The Bertz CT molecular complexity index is 530. The molecule has 0 aromatic heterocycles. The lowest BCUT2D eigenvalue weighted by molar-refractivity contribution is -0.464. The smallest absolute Gasteiger partial charge is 0.241 e. The highest BCUT2D eigenvalue weighted by molar-refractivity contribution is 5.44. The molecule has 2 rings (SSSR count). The number of nitrogens with zero attached hydrogens (tertiary/aromatic N) is 1. The van der Waals surface area contributed by atoms with Gasteiger partial charge in [0.05, 0.1) is 12.0 Å². The number of hydrogen-bond acceptors (Lipinski definition) is 6. The van der Waals surface area contributed by atoms with Crippen LogP contribution in [0.25, 0.3) is 0 Å². The van der Waals surface area contributed by atoms with Gasteiger partial charge in [-0.3, -0.25) is 0 Å². The van der Waals surface area contributed by atoms with Gasteiger partial charge in [0.25, 0.3) is 0 Å².